The van der Waals surface area contributed by atoms with Crippen LogP contribution < -0.4 is 0 Å². The molecule has 0 aliphatic carbocycles. The lowest BCUT2D eigenvalue weighted by molar-refractivity contribution is -0.0257. The first-order valence-electron chi connectivity index (χ1n) is 15.1. The average Bonchev–Trinajstić information content (AvgIpc) is 2.85. The second kappa shape index (κ2) is 24.2. The summed E-state index contributed by atoms with van der Waals surface area (Å²) in [6.45, 7) is 8.59. The topological polar surface area (TPSA) is 90.2 Å². The van der Waals surface area contributed by atoms with E-state index >= 15 is 0 Å². The number of ether oxygens (including phenoxy) is 1. The highest BCUT2D eigenvalue weighted by atomic mass is 16.5. The highest BCUT2D eigenvalue weighted by Gasteiger charge is 2.14. The van der Waals surface area contributed by atoms with Crippen molar-refractivity contribution in [2.24, 2.45) is 11.8 Å². The van der Waals surface area contributed by atoms with Gasteiger partial charge in [0.1, 0.15) is 0 Å². The van der Waals surface area contributed by atoms with E-state index in [9.17, 15) is 10.2 Å². The Labute approximate surface area is 218 Å². The van der Waals surface area contributed by atoms with Crippen LogP contribution in [-0.4, -0.2) is 58.1 Å². The zero-order chi connectivity index (χ0) is 26.3. The van der Waals surface area contributed by atoms with Crippen LogP contribution in [0.15, 0.2) is 0 Å². The maximum Gasteiger partial charge on any atom is 0.0773 e. The summed E-state index contributed by atoms with van der Waals surface area (Å²) < 4.78 is 6.47. The van der Waals surface area contributed by atoms with Gasteiger partial charge in [-0.2, -0.15) is 0 Å². The molecule has 0 saturated heterocycles. The van der Waals surface area contributed by atoms with Crippen molar-refractivity contribution in [2.75, 3.05) is 13.2 Å². The molecule has 5 nitrogen and oxygen atoms in total. The van der Waals surface area contributed by atoms with Crippen LogP contribution in [0.4, 0.5) is 0 Å². The van der Waals surface area contributed by atoms with E-state index < -0.39 is 12.2 Å². The summed E-state index contributed by atoms with van der Waals surface area (Å²) >= 11 is 0. The molecule has 4 N–H and O–H groups in total. The predicted octanol–water partition coefficient (Wildman–Crippen LogP) is 6.78. The molecule has 0 rings (SSSR count). The largest absolute Gasteiger partial charge is 0.394 e. The highest BCUT2D eigenvalue weighted by Crippen LogP contribution is 2.21. The monoisotopic (exact) mass is 502 g/mol. The summed E-state index contributed by atoms with van der Waals surface area (Å²) in [6, 6.07) is 0. The number of unbranched alkanes of at least 4 members (excludes halogenated alkanes) is 8. The minimum absolute atomic E-state index is 0.121. The summed E-state index contributed by atoms with van der Waals surface area (Å²) in [5, 5.41) is 36.9. The zero-order valence-electron chi connectivity index (χ0n) is 23.8. The first-order chi connectivity index (χ1) is 16.9. The summed E-state index contributed by atoms with van der Waals surface area (Å²) in [6.07, 6.45) is 20.5. The van der Waals surface area contributed by atoms with E-state index in [-0.39, 0.29) is 13.2 Å². The van der Waals surface area contributed by atoms with Gasteiger partial charge in [0.15, 0.2) is 0 Å². The lowest BCUT2D eigenvalue weighted by atomic mass is 9.96. The van der Waals surface area contributed by atoms with Gasteiger partial charge in [0.05, 0.1) is 37.6 Å². The van der Waals surface area contributed by atoms with Gasteiger partial charge in [-0.1, -0.05) is 105 Å². The van der Waals surface area contributed by atoms with E-state index in [4.69, 9.17) is 14.9 Å². The van der Waals surface area contributed by atoms with Crippen LogP contribution >= 0.6 is 0 Å². The van der Waals surface area contributed by atoms with Crippen LogP contribution in [0.1, 0.15) is 143 Å². The van der Waals surface area contributed by atoms with Crippen molar-refractivity contribution in [1.29, 1.82) is 0 Å². The molecule has 212 valence electrons. The second-order valence-corrected chi connectivity index (χ2v) is 11.2. The average molecular weight is 503 g/mol. The number of hydrogen-bond acceptors (Lipinski definition) is 5. The fourth-order valence-electron chi connectivity index (χ4n) is 5.11. The molecule has 0 fully saturated rings. The molecule has 35 heavy (non-hydrogen) atoms. The Morgan fingerprint density at radius 3 is 1.14 bits per heavy atom. The number of hydrogen-bond donors (Lipinski definition) is 4. The highest BCUT2D eigenvalue weighted by molar-refractivity contribution is 4.65. The molecule has 0 spiro atoms. The zero-order valence-corrected chi connectivity index (χ0v) is 23.8. The molecule has 6 unspecified atom stereocenters. The predicted molar refractivity (Wildman–Crippen MR) is 148 cm³/mol. The molecular weight excluding hydrogens is 440 g/mol. The van der Waals surface area contributed by atoms with Crippen LogP contribution in [0.3, 0.4) is 0 Å². The van der Waals surface area contributed by atoms with E-state index in [0.29, 0.717) is 36.9 Å². The number of aliphatic hydroxyl groups is 4. The van der Waals surface area contributed by atoms with Crippen molar-refractivity contribution >= 4 is 0 Å². The molecule has 0 saturated carbocycles. The Kier molecular flexibility index (Phi) is 24.0. The molecule has 0 amide bonds. The Bertz CT molecular complexity index is 395. The Morgan fingerprint density at radius 2 is 0.829 bits per heavy atom. The van der Waals surface area contributed by atoms with Crippen molar-refractivity contribution in [3.8, 4) is 0 Å². The summed E-state index contributed by atoms with van der Waals surface area (Å²) in [5.74, 6) is 0.976. The fourth-order valence-corrected chi connectivity index (χ4v) is 5.11. The molecule has 0 bridgehead atoms. The third-order valence-corrected chi connectivity index (χ3v) is 7.51. The molecule has 0 aromatic heterocycles. The van der Waals surface area contributed by atoms with E-state index in [0.717, 1.165) is 25.7 Å². The van der Waals surface area contributed by atoms with Crippen LogP contribution in [-0.2, 0) is 4.74 Å². The Hall–Kier alpha value is -0.200. The number of aliphatic hydroxyl groups excluding tert-OH is 4. The van der Waals surface area contributed by atoms with Crippen molar-refractivity contribution in [3.63, 3.8) is 0 Å². The van der Waals surface area contributed by atoms with Gasteiger partial charge in [-0.25, -0.2) is 0 Å². The van der Waals surface area contributed by atoms with Gasteiger partial charge in [-0.05, 0) is 50.4 Å². The summed E-state index contributed by atoms with van der Waals surface area (Å²) in [7, 11) is 0. The first kappa shape index (κ1) is 34.8. The van der Waals surface area contributed by atoms with Gasteiger partial charge < -0.3 is 25.2 Å². The SMILES string of the molecule is CCC(CCCCCCCC(C)CC(O)CO)OC(CC)CCCCCCCC(C)CC(O)CO. The van der Waals surface area contributed by atoms with E-state index in [1.165, 1.54) is 77.0 Å². The molecule has 0 aromatic carbocycles. The van der Waals surface area contributed by atoms with E-state index in [2.05, 4.69) is 27.7 Å². The van der Waals surface area contributed by atoms with E-state index in [1.54, 1.807) is 0 Å². The molecule has 5 heteroatoms. The first-order valence-corrected chi connectivity index (χ1v) is 15.1. The van der Waals surface area contributed by atoms with Gasteiger partial charge in [0.2, 0.25) is 0 Å². The van der Waals surface area contributed by atoms with Crippen LogP contribution in [0.2, 0.25) is 0 Å². The maximum atomic E-state index is 9.52. The van der Waals surface area contributed by atoms with Gasteiger partial charge in [-0.15, -0.1) is 0 Å². The van der Waals surface area contributed by atoms with Crippen LogP contribution in [0, 0.1) is 11.8 Å². The molecule has 0 aliphatic heterocycles. The standard InChI is InChI=1S/C30H62O5/c1-5-29(19-15-11-7-9-13-17-25(3)21-27(33)23-31)35-30(6-2)20-16-12-8-10-14-18-26(4)22-28(34)24-32/h25-34H,5-24H2,1-4H3. The van der Waals surface area contributed by atoms with Crippen molar-refractivity contribution in [3.05, 3.63) is 0 Å². The molecular formula is C30H62O5. The third-order valence-electron chi connectivity index (χ3n) is 7.51. The van der Waals surface area contributed by atoms with Crippen LogP contribution in [0.5, 0.6) is 0 Å². The minimum atomic E-state index is -0.554. The Morgan fingerprint density at radius 1 is 0.514 bits per heavy atom. The fraction of sp³-hybridized carbons (Fsp3) is 1.00. The Balaban J connectivity index is 3.78. The van der Waals surface area contributed by atoms with Gasteiger partial charge in [-0.3, -0.25) is 0 Å². The molecule has 0 aliphatic rings. The quantitative estimate of drug-likeness (QED) is 0.0979. The maximum absolute atomic E-state index is 9.52. The van der Waals surface area contributed by atoms with E-state index in [1.807, 2.05) is 0 Å². The number of rotatable bonds is 26. The lowest BCUT2D eigenvalue weighted by Crippen LogP contribution is -2.21. The van der Waals surface area contributed by atoms with Crippen molar-refractivity contribution in [1.82, 2.24) is 0 Å². The van der Waals surface area contributed by atoms with Crippen molar-refractivity contribution < 1.29 is 25.2 Å². The molecule has 0 radical (unpaired) electrons. The second-order valence-electron chi connectivity index (χ2n) is 11.2. The normalized spacial score (nSPS) is 17.1. The molecule has 0 aromatic rings. The summed E-state index contributed by atoms with van der Waals surface area (Å²) in [5.41, 5.74) is 0. The molecule has 0 heterocycles. The smallest absolute Gasteiger partial charge is 0.0773 e. The van der Waals surface area contributed by atoms with Gasteiger partial charge in [0, 0.05) is 0 Å². The van der Waals surface area contributed by atoms with Crippen LogP contribution in [0.25, 0.3) is 0 Å². The minimum Gasteiger partial charge on any atom is -0.394 e. The lowest BCUT2D eigenvalue weighted by Gasteiger charge is -2.23. The third kappa shape index (κ3) is 21.6. The van der Waals surface area contributed by atoms with Gasteiger partial charge in [0.25, 0.3) is 0 Å². The van der Waals surface area contributed by atoms with Gasteiger partial charge >= 0.3 is 0 Å². The summed E-state index contributed by atoms with van der Waals surface area (Å²) in [4.78, 5) is 0. The molecule has 6 atom stereocenters. The van der Waals surface area contributed by atoms with Crippen molar-refractivity contribution in [2.45, 2.75) is 168 Å².